The van der Waals surface area contributed by atoms with Gasteiger partial charge in [-0.1, -0.05) is 12.1 Å². The number of hydrogen-bond donors (Lipinski definition) is 1. The number of rotatable bonds is 2. The van der Waals surface area contributed by atoms with E-state index in [4.69, 9.17) is 9.73 Å². The molecule has 2 aromatic carbocycles. The first-order chi connectivity index (χ1) is 12.5. The van der Waals surface area contributed by atoms with Gasteiger partial charge in [0.15, 0.2) is 0 Å². The van der Waals surface area contributed by atoms with Gasteiger partial charge in [-0.2, -0.15) is 0 Å². The Morgan fingerprint density at radius 2 is 1.96 bits per heavy atom. The van der Waals surface area contributed by atoms with E-state index in [2.05, 4.69) is 67.5 Å². The molecule has 1 N–H and O–H groups in total. The molecular weight excluding hydrogens is 322 g/mol. The molecule has 2 aromatic rings. The Bertz CT molecular complexity index is 914. The van der Waals surface area contributed by atoms with E-state index in [1.54, 1.807) is 7.11 Å². The minimum Gasteiger partial charge on any atom is -0.497 e. The van der Waals surface area contributed by atoms with Crippen molar-refractivity contribution in [2.75, 3.05) is 26.0 Å². The van der Waals surface area contributed by atoms with Gasteiger partial charge in [-0.15, -0.1) is 0 Å². The molecular formula is C22H25N3O. The summed E-state index contributed by atoms with van der Waals surface area (Å²) in [6.07, 6.45) is 3.34. The third kappa shape index (κ3) is 3.01. The largest absolute Gasteiger partial charge is 0.497 e. The lowest BCUT2D eigenvalue weighted by molar-refractivity contribution is 0.288. The summed E-state index contributed by atoms with van der Waals surface area (Å²) >= 11 is 0. The molecule has 4 heteroatoms. The topological polar surface area (TPSA) is 36.9 Å². The minimum absolute atomic E-state index is 0.406. The summed E-state index contributed by atoms with van der Waals surface area (Å²) in [5.41, 5.74) is 7.77. The van der Waals surface area contributed by atoms with Crippen molar-refractivity contribution >= 4 is 22.8 Å². The summed E-state index contributed by atoms with van der Waals surface area (Å²) < 4.78 is 5.48. The van der Waals surface area contributed by atoms with Crippen molar-refractivity contribution in [3.8, 4) is 5.75 Å². The fourth-order valence-electron chi connectivity index (χ4n) is 3.57. The molecule has 0 saturated heterocycles. The van der Waals surface area contributed by atoms with Gasteiger partial charge in [0.05, 0.1) is 24.2 Å². The molecule has 134 valence electrons. The fraction of sp³-hybridized carbons (Fsp3) is 0.318. The molecule has 0 fully saturated rings. The van der Waals surface area contributed by atoms with Gasteiger partial charge in [-0.05, 0) is 68.8 Å². The lowest BCUT2D eigenvalue weighted by Crippen LogP contribution is -2.33. The predicted octanol–water partition coefficient (Wildman–Crippen LogP) is 4.83. The van der Waals surface area contributed by atoms with Crippen molar-refractivity contribution in [1.82, 2.24) is 4.90 Å². The molecule has 0 radical (unpaired) electrons. The Labute approximate surface area is 155 Å². The number of nitrogens with one attached hydrogen (secondary N) is 1. The molecule has 2 heterocycles. The van der Waals surface area contributed by atoms with Crippen LogP contribution in [0.15, 0.2) is 53.0 Å². The molecule has 1 atom stereocenters. The molecule has 0 unspecified atom stereocenters. The smallest absolute Gasteiger partial charge is 0.119 e. The Balaban J connectivity index is 1.92. The predicted molar refractivity (Wildman–Crippen MR) is 108 cm³/mol. The highest BCUT2D eigenvalue weighted by Gasteiger charge is 2.24. The van der Waals surface area contributed by atoms with E-state index in [1.807, 2.05) is 6.07 Å². The van der Waals surface area contributed by atoms with Gasteiger partial charge in [0.1, 0.15) is 5.75 Å². The number of aryl methyl sites for hydroxylation is 1. The Morgan fingerprint density at radius 3 is 2.73 bits per heavy atom. The molecule has 0 aliphatic carbocycles. The first kappa shape index (κ1) is 16.9. The van der Waals surface area contributed by atoms with E-state index in [0.29, 0.717) is 6.04 Å². The highest BCUT2D eigenvalue weighted by Crippen LogP contribution is 2.38. The van der Waals surface area contributed by atoms with Crippen LogP contribution >= 0.6 is 0 Å². The van der Waals surface area contributed by atoms with Crippen LogP contribution in [0.5, 0.6) is 5.75 Å². The standard InChI is InChI=1S/C22H25N3O/c1-14-5-7-20-21(11-14)24-22(16-9-10-25(3)15(2)12-16)18-13-17(26-4)6-8-19(18)23-20/h5-8,11-13,15,23H,9-10H2,1-4H3/t15-/m0/s1. The molecule has 2 aliphatic rings. The number of methoxy groups -OCH3 is 1. The van der Waals surface area contributed by atoms with Crippen LogP contribution in [0, 0.1) is 6.92 Å². The lowest BCUT2D eigenvalue weighted by Gasteiger charge is -2.29. The third-order valence-electron chi connectivity index (χ3n) is 5.31. The maximum absolute atomic E-state index is 5.48. The van der Waals surface area contributed by atoms with Crippen LogP contribution in [0.2, 0.25) is 0 Å². The molecule has 0 bridgehead atoms. The molecule has 0 spiro atoms. The van der Waals surface area contributed by atoms with Crippen molar-refractivity contribution in [3.63, 3.8) is 0 Å². The van der Waals surface area contributed by atoms with E-state index in [0.717, 1.165) is 47.1 Å². The number of hydrogen-bond acceptors (Lipinski definition) is 4. The van der Waals surface area contributed by atoms with Gasteiger partial charge in [0.25, 0.3) is 0 Å². The molecule has 0 saturated carbocycles. The number of fused-ring (bicyclic) bond motifs is 2. The zero-order valence-corrected chi connectivity index (χ0v) is 15.8. The maximum Gasteiger partial charge on any atom is 0.119 e. The molecule has 4 rings (SSSR count). The van der Waals surface area contributed by atoms with E-state index in [9.17, 15) is 0 Å². The van der Waals surface area contributed by atoms with Gasteiger partial charge in [-0.3, -0.25) is 4.90 Å². The van der Waals surface area contributed by atoms with Gasteiger partial charge in [-0.25, -0.2) is 4.99 Å². The van der Waals surface area contributed by atoms with Gasteiger partial charge >= 0.3 is 0 Å². The zero-order chi connectivity index (χ0) is 18.3. The molecule has 26 heavy (non-hydrogen) atoms. The Hall–Kier alpha value is -2.59. The van der Waals surface area contributed by atoms with Gasteiger partial charge < -0.3 is 10.1 Å². The van der Waals surface area contributed by atoms with Crippen LogP contribution in [0.3, 0.4) is 0 Å². The summed E-state index contributed by atoms with van der Waals surface area (Å²) in [7, 11) is 3.88. The fourth-order valence-corrected chi connectivity index (χ4v) is 3.57. The number of benzene rings is 2. The number of aliphatic imine (C=N–C) groups is 1. The summed E-state index contributed by atoms with van der Waals surface area (Å²) in [4.78, 5) is 7.48. The maximum atomic E-state index is 5.48. The number of ether oxygens (including phenoxy) is 1. The van der Waals surface area contributed by atoms with E-state index >= 15 is 0 Å². The SMILES string of the molecule is COc1ccc2c(c1)C(C1=C[C@H](C)N(C)CC1)=Nc1cc(C)ccc1N2. The van der Waals surface area contributed by atoms with E-state index < -0.39 is 0 Å². The van der Waals surface area contributed by atoms with Crippen LogP contribution in [0.1, 0.15) is 24.5 Å². The highest BCUT2D eigenvalue weighted by molar-refractivity contribution is 6.18. The monoisotopic (exact) mass is 347 g/mol. The molecule has 0 aromatic heterocycles. The van der Waals surface area contributed by atoms with Crippen LogP contribution in [0.4, 0.5) is 17.1 Å². The van der Waals surface area contributed by atoms with Gasteiger partial charge in [0, 0.05) is 23.8 Å². The van der Waals surface area contributed by atoms with E-state index in [1.165, 1.54) is 11.1 Å². The second-order valence-corrected chi connectivity index (χ2v) is 7.18. The molecule has 2 aliphatic heterocycles. The third-order valence-corrected chi connectivity index (χ3v) is 5.31. The minimum atomic E-state index is 0.406. The Kier molecular flexibility index (Phi) is 4.29. The summed E-state index contributed by atoms with van der Waals surface area (Å²) in [6.45, 7) is 5.38. The number of anilines is 2. The lowest BCUT2D eigenvalue weighted by atomic mass is 9.93. The first-order valence-electron chi connectivity index (χ1n) is 9.11. The van der Waals surface area contributed by atoms with Crippen molar-refractivity contribution in [2.24, 2.45) is 4.99 Å². The number of likely N-dealkylation sites (N-methyl/N-ethyl adjacent to an activating group) is 1. The van der Waals surface area contributed by atoms with Crippen LogP contribution < -0.4 is 10.1 Å². The Morgan fingerprint density at radius 1 is 1.15 bits per heavy atom. The average Bonchev–Trinajstić information content (AvgIpc) is 2.80. The highest BCUT2D eigenvalue weighted by atomic mass is 16.5. The summed E-state index contributed by atoms with van der Waals surface area (Å²) in [5.74, 6) is 0.849. The molecule has 0 amide bonds. The van der Waals surface area contributed by atoms with Gasteiger partial charge in [0.2, 0.25) is 0 Å². The summed E-state index contributed by atoms with van der Waals surface area (Å²) in [6, 6.07) is 12.9. The quantitative estimate of drug-likeness (QED) is 0.845. The number of nitrogens with zero attached hydrogens (tertiary/aromatic N) is 2. The van der Waals surface area contributed by atoms with Crippen molar-refractivity contribution < 1.29 is 4.74 Å². The normalized spacial score (nSPS) is 19.5. The van der Waals surface area contributed by atoms with Crippen LogP contribution in [-0.2, 0) is 0 Å². The second kappa shape index (κ2) is 6.61. The van der Waals surface area contributed by atoms with Crippen molar-refractivity contribution in [2.45, 2.75) is 26.3 Å². The summed E-state index contributed by atoms with van der Waals surface area (Å²) in [5, 5.41) is 3.56. The second-order valence-electron chi connectivity index (χ2n) is 7.18. The van der Waals surface area contributed by atoms with Crippen molar-refractivity contribution in [3.05, 3.63) is 59.2 Å². The first-order valence-corrected chi connectivity index (χ1v) is 9.11. The molecule has 4 nitrogen and oxygen atoms in total. The zero-order valence-electron chi connectivity index (χ0n) is 15.8. The van der Waals surface area contributed by atoms with E-state index in [-0.39, 0.29) is 0 Å². The van der Waals surface area contributed by atoms with Crippen molar-refractivity contribution in [1.29, 1.82) is 0 Å². The van der Waals surface area contributed by atoms with Crippen LogP contribution in [0.25, 0.3) is 0 Å². The van der Waals surface area contributed by atoms with Crippen LogP contribution in [-0.4, -0.2) is 37.4 Å². The average molecular weight is 347 g/mol.